The van der Waals surface area contributed by atoms with E-state index >= 15 is 0 Å². The van der Waals surface area contributed by atoms with Crippen molar-refractivity contribution in [1.82, 2.24) is 9.97 Å². The topological polar surface area (TPSA) is 142 Å². The van der Waals surface area contributed by atoms with E-state index in [-0.39, 0.29) is 22.0 Å². The molecule has 0 bridgehead atoms. The highest BCUT2D eigenvalue weighted by molar-refractivity contribution is 7.92. The molecule has 0 unspecified atom stereocenters. The number of aromatic amines is 1. The summed E-state index contributed by atoms with van der Waals surface area (Å²) >= 11 is 0. The maximum absolute atomic E-state index is 11.9. The lowest BCUT2D eigenvalue weighted by atomic mass is 10.2. The Morgan fingerprint density at radius 3 is 2.75 bits per heavy atom. The van der Waals surface area contributed by atoms with E-state index in [4.69, 9.17) is 5.26 Å². The number of nitriles is 1. The summed E-state index contributed by atoms with van der Waals surface area (Å²) < 4.78 is 26.0. The van der Waals surface area contributed by atoms with Crippen molar-refractivity contribution in [1.29, 1.82) is 5.26 Å². The first kappa shape index (κ1) is 13.5. The van der Waals surface area contributed by atoms with E-state index in [9.17, 15) is 18.5 Å². The molecule has 2 aromatic rings. The number of non-ortho nitro benzene ring substituents is 1. The Bertz CT molecular complexity index is 792. The molecule has 0 atom stereocenters. The molecule has 2 rings (SSSR count). The van der Waals surface area contributed by atoms with Crippen LogP contribution in [0.15, 0.2) is 35.7 Å². The third-order valence-electron chi connectivity index (χ3n) is 2.34. The zero-order valence-corrected chi connectivity index (χ0v) is 10.6. The van der Waals surface area contributed by atoms with Crippen molar-refractivity contribution >= 4 is 21.4 Å². The van der Waals surface area contributed by atoms with Gasteiger partial charge in [-0.05, 0) is 6.07 Å². The molecule has 0 aliphatic carbocycles. The molecule has 1 heterocycles. The maximum atomic E-state index is 11.9. The number of nitro groups is 1. The average molecular weight is 293 g/mol. The van der Waals surface area contributed by atoms with E-state index in [1.54, 1.807) is 6.07 Å². The van der Waals surface area contributed by atoms with Crippen LogP contribution in [0.2, 0.25) is 0 Å². The van der Waals surface area contributed by atoms with Gasteiger partial charge in [0.15, 0.2) is 5.03 Å². The molecule has 10 heteroatoms. The summed E-state index contributed by atoms with van der Waals surface area (Å²) in [7, 11) is -3.92. The second-order valence-corrected chi connectivity index (χ2v) is 5.27. The van der Waals surface area contributed by atoms with Crippen LogP contribution in [0, 0.1) is 21.4 Å². The zero-order valence-electron chi connectivity index (χ0n) is 9.77. The molecule has 0 fully saturated rings. The van der Waals surface area contributed by atoms with Crippen LogP contribution in [0.25, 0.3) is 0 Å². The third-order valence-corrected chi connectivity index (χ3v) is 3.63. The quantitative estimate of drug-likeness (QED) is 0.635. The van der Waals surface area contributed by atoms with Crippen LogP contribution in [-0.2, 0) is 10.0 Å². The van der Waals surface area contributed by atoms with Gasteiger partial charge in [0.05, 0.1) is 28.7 Å². The standard InChI is InChI=1S/C10H7N5O4S/c11-4-7-3-8(15(16)17)1-2-9(7)14-20(18,19)10-5-12-6-13-10/h1-3,5-6,14H,(H,12,13). The molecule has 0 aliphatic heterocycles. The van der Waals surface area contributed by atoms with Gasteiger partial charge in [0, 0.05) is 12.1 Å². The van der Waals surface area contributed by atoms with Gasteiger partial charge >= 0.3 is 0 Å². The molecule has 0 saturated carbocycles. The monoisotopic (exact) mass is 293 g/mol. The highest BCUT2D eigenvalue weighted by Gasteiger charge is 2.19. The summed E-state index contributed by atoms with van der Waals surface area (Å²) in [5.74, 6) is 0. The van der Waals surface area contributed by atoms with Crippen LogP contribution < -0.4 is 4.72 Å². The Morgan fingerprint density at radius 1 is 1.45 bits per heavy atom. The van der Waals surface area contributed by atoms with Crippen molar-refractivity contribution in [2.24, 2.45) is 0 Å². The minimum absolute atomic E-state index is 0.0484. The molecule has 0 radical (unpaired) electrons. The molecule has 0 aliphatic rings. The fraction of sp³-hybridized carbons (Fsp3) is 0. The van der Waals surface area contributed by atoms with Crippen molar-refractivity contribution in [3.63, 3.8) is 0 Å². The summed E-state index contributed by atoms with van der Waals surface area (Å²) in [5, 5.41) is 19.3. The van der Waals surface area contributed by atoms with E-state index in [1.807, 2.05) is 0 Å². The molecule has 2 N–H and O–H groups in total. The highest BCUT2D eigenvalue weighted by atomic mass is 32.2. The smallest absolute Gasteiger partial charge is 0.279 e. The van der Waals surface area contributed by atoms with Crippen molar-refractivity contribution in [2.75, 3.05) is 4.72 Å². The van der Waals surface area contributed by atoms with E-state index < -0.39 is 14.9 Å². The first-order chi connectivity index (χ1) is 9.44. The normalized spacial score (nSPS) is 10.8. The fourth-order valence-electron chi connectivity index (χ4n) is 1.42. The Hall–Kier alpha value is -2.93. The average Bonchev–Trinajstić information content (AvgIpc) is 2.93. The minimum Gasteiger partial charge on any atom is -0.334 e. The Labute approximate surface area is 113 Å². The summed E-state index contributed by atoms with van der Waals surface area (Å²) in [6.07, 6.45) is 2.29. The molecule has 1 aromatic carbocycles. The summed E-state index contributed by atoms with van der Waals surface area (Å²) in [4.78, 5) is 15.9. The van der Waals surface area contributed by atoms with Gasteiger partial charge in [-0.25, -0.2) is 4.98 Å². The van der Waals surface area contributed by atoms with Gasteiger partial charge in [-0.3, -0.25) is 14.8 Å². The number of imidazole rings is 1. The number of benzene rings is 1. The maximum Gasteiger partial charge on any atom is 0.279 e. The molecular formula is C10H7N5O4S. The number of rotatable bonds is 4. The van der Waals surface area contributed by atoms with Crippen molar-refractivity contribution in [3.05, 3.63) is 46.4 Å². The van der Waals surface area contributed by atoms with Crippen LogP contribution in [-0.4, -0.2) is 23.3 Å². The van der Waals surface area contributed by atoms with Crippen LogP contribution in [0.5, 0.6) is 0 Å². The number of nitro benzene ring substituents is 1. The van der Waals surface area contributed by atoms with E-state index in [0.717, 1.165) is 24.4 Å². The summed E-state index contributed by atoms with van der Waals surface area (Å²) in [6, 6.07) is 4.95. The first-order valence-electron chi connectivity index (χ1n) is 5.14. The molecule has 102 valence electrons. The molecule has 0 amide bonds. The molecule has 9 nitrogen and oxygen atoms in total. The van der Waals surface area contributed by atoms with Gasteiger partial charge in [-0.2, -0.15) is 13.7 Å². The van der Waals surface area contributed by atoms with Crippen LogP contribution >= 0.6 is 0 Å². The molecule has 0 saturated heterocycles. The van der Waals surface area contributed by atoms with Gasteiger partial charge in [-0.15, -0.1) is 0 Å². The van der Waals surface area contributed by atoms with Crippen molar-refractivity contribution < 1.29 is 13.3 Å². The van der Waals surface area contributed by atoms with Gasteiger partial charge < -0.3 is 4.98 Å². The molecule has 0 spiro atoms. The molecule has 20 heavy (non-hydrogen) atoms. The number of sulfonamides is 1. The van der Waals surface area contributed by atoms with Crippen LogP contribution in [0.1, 0.15) is 5.56 Å². The van der Waals surface area contributed by atoms with Gasteiger partial charge in [0.2, 0.25) is 0 Å². The van der Waals surface area contributed by atoms with E-state index in [2.05, 4.69) is 14.7 Å². The van der Waals surface area contributed by atoms with Crippen molar-refractivity contribution in [2.45, 2.75) is 5.03 Å². The largest absolute Gasteiger partial charge is 0.334 e. The minimum atomic E-state index is -3.92. The Morgan fingerprint density at radius 2 is 2.20 bits per heavy atom. The first-order valence-corrected chi connectivity index (χ1v) is 6.62. The van der Waals surface area contributed by atoms with Gasteiger partial charge in [0.25, 0.3) is 15.7 Å². The third kappa shape index (κ3) is 2.57. The summed E-state index contributed by atoms with van der Waals surface area (Å²) in [5.41, 5.74) is -0.499. The second-order valence-electron chi connectivity index (χ2n) is 3.62. The number of H-pyrrole nitrogens is 1. The lowest BCUT2D eigenvalue weighted by Crippen LogP contribution is -2.14. The number of nitrogens with one attached hydrogen (secondary N) is 2. The highest BCUT2D eigenvalue weighted by Crippen LogP contribution is 2.23. The fourth-order valence-corrected chi connectivity index (χ4v) is 2.40. The van der Waals surface area contributed by atoms with Crippen LogP contribution in [0.4, 0.5) is 11.4 Å². The molecular weight excluding hydrogens is 286 g/mol. The number of anilines is 1. The van der Waals surface area contributed by atoms with Crippen molar-refractivity contribution in [3.8, 4) is 6.07 Å². The van der Waals surface area contributed by atoms with Gasteiger partial charge in [-0.1, -0.05) is 0 Å². The Kier molecular flexibility index (Phi) is 3.36. The number of nitrogens with zero attached hydrogens (tertiary/aromatic N) is 3. The lowest BCUT2D eigenvalue weighted by molar-refractivity contribution is -0.384. The Balaban J connectivity index is 2.40. The number of hydrogen-bond acceptors (Lipinski definition) is 6. The van der Waals surface area contributed by atoms with Crippen LogP contribution in [0.3, 0.4) is 0 Å². The van der Waals surface area contributed by atoms with Gasteiger partial charge in [0.1, 0.15) is 6.07 Å². The SMILES string of the molecule is N#Cc1cc([N+](=O)[O-])ccc1NS(=O)(=O)c1cnc[nH]1. The molecule has 1 aromatic heterocycles. The van der Waals surface area contributed by atoms with E-state index in [1.165, 1.54) is 6.33 Å². The van der Waals surface area contributed by atoms with E-state index in [0.29, 0.717) is 0 Å². The predicted octanol–water partition coefficient (Wildman–Crippen LogP) is 0.990. The number of hydrogen-bond donors (Lipinski definition) is 2. The zero-order chi connectivity index (χ0) is 14.8. The summed E-state index contributed by atoms with van der Waals surface area (Å²) in [6.45, 7) is 0. The lowest BCUT2D eigenvalue weighted by Gasteiger charge is -2.07. The second kappa shape index (κ2) is 4.98. The number of aromatic nitrogens is 2. The predicted molar refractivity (Wildman–Crippen MR) is 67.2 cm³/mol.